The Kier molecular flexibility index (Phi) is 11.0. The number of hydrogen-bond donors (Lipinski definition) is 2. The smallest absolute Gasteiger partial charge is 0.313 e. The molecule has 0 spiro atoms. The van der Waals surface area contributed by atoms with Crippen molar-refractivity contribution in [1.29, 1.82) is 0 Å². The van der Waals surface area contributed by atoms with Crippen molar-refractivity contribution in [2.75, 3.05) is 17.3 Å². The Morgan fingerprint density at radius 1 is 0.969 bits per heavy atom. The van der Waals surface area contributed by atoms with Crippen LogP contribution in [0.25, 0.3) is 0 Å². The molecule has 9 heteroatoms. The van der Waals surface area contributed by atoms with Crippen molar-refractivity contribution in [3.8, 4) is 5.75 Å². The Balaban J connectivity index is 2.29. The highest BCUT2D eigenvalue weighted by atomic mass is 32.2. The summed E-state index contributed by atoms with van der Waals surface area (Å²) in [7, 11) is 0. The van der Waals surface area contributed by atoms with Crippen LogP contribution in [0.1, 0.15) is 30.4 Å². The molecule has 2 rings (SSSR count). The number of esters is 1. The van der Waals surface area contributed by atoms with E-state index in [4.69, 9.17) is 19.7 Å². The molecule has 2 aromatic carbocycles. The van der Waals surface area contributed by atoms with E-state index in [0.717, 1.165) is 11.1 Å². The number of carboxylic acid groups (broad SMARTS) is 2. The molecule has 0 radical (unpaired) electrons. The third-order valence-electron chi connectivity index (χ3n) is 4.29. The highest BCUT2D eigenvalue weighted by molar-refractivity contribution is 8.00. The molecule has 2 aromatic rings. The maximum absolute atomic E-state index is 11.8. The molecule has 32 heavy (non-hydrogen) atoms. The van der Waals surface area contributed by atoms with E-state index >= 15 is 0 Å². The lowest BCUT2D eigenvalue weighted by atomic mass is 10.0. The maximum atomic E-state index is 11.8. The molecular formula is C23H26O7S2. The maximum Gasteiger partial charge on any atom is 0.313 e. The van der Waals surface area contributed by atoms with Gasteiger partial charge < -0.3 is 19.7 Å². The summed E-state index contributed by atoms with van der Waals surface area (Å²) in [5.74, 6) is -1.66. The van der Waals surface area contributed by atoms with Crippen molar-refractivity contribution in [3.63, 3.8) is 0 Å². The van der Waals surface area contributed by atoms with Crippen LogP contribution in [0.4, 0.5) is 0 Å². The normalized spacial score (nSPS) is 12.5. The van der Waals surface area contributed by atoms with Gasteiger partial charge in [-0.05, 0) is 11.6 Å². The molecule has 0 bridgehead atoms. The topological polar surface area (TPSA) is 110 Å². The zero-order valence-electron chi connectivity index (χ0n) is 17.6. The summed E-state index contributed by atoms with van der Waals surface area (Å²) in [5.41, 5.74) is 1.08. The van der Waals surface area contributed by atoms with Crippen molar-refractivity contribution in [2.24, 2.45) is 0 Å². The van der Waals surface area contributed by atoms with Crippen molar-refractivity contribution in [2.45, 2.75) is 31.3 Å². The van der Waals surface area contributed by atoms with Crippen LogP contribution in [-0.4, -0.2) is 50.8 Å². The van der Waals surface area contributed by atoms with Gasteiger partial charge in [-0.3, -0.25) is 14.4 Å². The van der Waals surface area contributed by atoms with E-state index in [0.29, 0.717) is 18.1 Å². The van der Waals surface area contributed by atoms with Crippen molar-refractivity contribution >= 4 is 41.4 Å². The zero-order chi connectivity index (χ0) is 23.3. The quantitative estimate of drug-likeness (QED) is 0.304. The highest BCUT2D eigenvalue weighted by Gasteiger charge is 2.29. The number of benzene rings is 2. The largest absolute Gasteiger partial charge is 0.489 e. The molecule has 0 aliphatic heterocycles. The number of rotatable bonds is 14. The minimum absolute atomic E-state index is 0.0798. The number of aliphatic carboxylic acids is 2. The zero-order valence-corrected chi connectivity index (χ0v) is 19.3. The number of thioether (sulfide) groups is 2. The fourth-order valence-electron chi connectivity index (χ4n) is 2.90. The first-order valence-corrected chi connectivity index (χ1v) is 12.1. The van der Waals surface area contributed by atoms with E-state index < -0.39 is 29.3 Å². The predicted octanol–water partition coefficient (Wildman–Crippen LogP) is 4.26. The number of para-hydroxylation sites is 1. The molecule has 0 amide bonds. The standard InChI is InChI=1S/C23H26O7S2/c1-16(24)30-23(32-12-11-21(25)26)19(14-31-15-22(27)28)18-9-5-6-10-20(18)29-13-17-7-3-2-4-8-17/h2-10,19,23H,11-15H2,1H3,(H,25,26)(H,27,28). The first kappa shape index (κ1) is 25.6. The monoisotopic (exact) mass is 478 g/mol. The van der Waals surface area contributed by atoms with Gasteiger partial charge in [-0.1, -0.05) is 48.5 Å². The van der Waals surface area contributed by atoms with E-state index in [-0.39, 0.29) is 17.9 Å². The van der Waals surface area contributed by atoms with Crippen LogP contribution >= 0.6 is 23.5 Å². The van der Waals surface area contributed by atoms with Crippen LogP contribution in [0.15, 0.2) is 54.6 Å². The summed E-state index contributed by atoms with van der Waals surface area (Å²) in [6, 6.07) is 17.0. The van der Waals surface area contributed by atoms with Gasteiger partial charge in [0.15, 0.2) is 5.44 Å². The number of hydrogen-bond acceptors (Lipinski definition) is 7. The van der Waals surface area contributed by atoms with Gasteiger partial charge in [0.05, 0.1) is 12.2 Å². The first-order valence-electron chi connectivity index (χ1n) is 9.92. The van der Waals surface area contributed by atoms with Crippen LogP contribution in [-0.2, 0) is 25.7 Å². The van der Waals surface area contributed by atoms with Crippen LogP contribution in [0.5, 0.6) is 5.75 Å². The number of carbonyl (C=O) groups is 3. The Labute approximate surface area is 195 Å². The van der Waals surface area contributed by atoms with Gasteiger partial charge in [-0.2, -0.15) is 0 Å². The van der Waals surface area contributed by atoms with Gasteiger partial charge in [0.1, 0.15) is 12.4 Å². The molecule has 0 heterocycles. The number of ether oxygens (including phenoxy) is 2. The van der Waals surface area contributed by atoms with Gasteiger partial charge in [0.25, 0.3) is 0 Å². The lowest BCUT2D eigenvalue weighted by Crippen LogP contribution is -2.25. The molecule has 0 aromatic heterocycles. The van der Waals surface area contributed by atoms with Crippen molar-refractivity contribution in [3.05, 3.63) is 65.7 Å². The second-order valence-electron chi connectivity index (χ2n) is 6.82. The fraction of sp³-hybridized carbons (Fsp3) is 0.348. The van der Waals surface area contributed by atoms with Gasteiger partial charge in [-0.15, -0.1) is 23.5 Å². The summed E-state index contributed by atoms with van der Waals surface area (Å²) < 4.78 is 11.6. The molecule has 2 N–H and O–H groups in total. The minimum Gasteiger partial charge on any atom is -0.489 e. The van der Waals surface area contributed by atoms with E-state index in [1.165, 1.54) is 30.4 Å². The predicted molar refractivity (Wildman–Crippen MR) is 125 cm³/mol. The highest BCUT2D eigenvalue weighted by Crippen LogP contribution is 2.38. The molecule has 0 fully saturated rings. The Bertz CT molecular complexity index is 889. The number of carbonyl (C=O) groups excluding carboxylic acids is 1. The second kappa shape index (κ2) is 13.7. The third-order valence-corrected chi connectivity index (χ3v) is 6.53. The second-order valence-corrected chi connectivity index (χ2v) is 9.06. The van der Waals surface area contributed by atoms with Gasteiger partial charge >= 0.3 is 17.9 Å². The van der Waals surface area contributed by atoms with Crippen LogP contribution in [0.2, 0.25) is 0 Å². The molecule has 0 aliphatic rings. The lowest BCUT2D eigenvalue weighted by molar-refractivity contribution is -0.143. The average molecular weight is 479 g/mol. The third kappa shape index (κ3) is 9.23. The summed E-state index contributed by atoms with van der Waals surface area (Å²) >= 11 is 2.43. The molecule has 2 unspecified atom stereocenters. The average Bonchev–Trinajstić information content (AvgIpc) is 2.75. The van der Waals surface area contributed by atoms with Crippen molar-refractivity contribution < 1.29 is 34.1 Å². The molecule has 7 nitrogen and oxygen atoms in total. The summed E-state index contributed by atoms with van der Waals surface area (Å²) in [4.78, 5) is 33.8. The van der Waals surface area contributed by atoms with Gasteiger partial charge in [-0.25, -0.2) is 0 Å². The van der Waals surface area contributed by atoms with E-state index in [9.17, 15) is 14.4 Å². The fourth-order valence-corrected chi connectivity index (χ4v) is 5.13. The lowest BCUT2D eigenvalue weighted by Gasteiger charge is -2.28. The molecule has 2 atom stereocenters. The van der Waals surface area contributed by atoms with Crippen LogP contribution < -0.4 is 4.74 Å². The van der Waals surface area contributed by atoms with Gasteiger partial charge in [0.2, 0.25) is 0 Å². The molecule has 0 aliphatic carbocycles. The Morgan fingerprint density at radius 3 is 2.31 bits per heavy atom. The van der Waals surface area contributed by atoms with Crippen LogP contribution in [0, 0.1) is 0 Å². The van der Waals surface area contributed by atoms with Crippen LogP contribution in [0.3, 0.4) is 0 Å². The summed E-state index contributed by atoms with van der Waals surface area (Å²) in [6.45, 7) is 1.64. The Hall–Kier alpha value is -2.65. The summed E-state index contributed by atoms with van der Waals surface area (Å²) in [5, 5.41) is 18.0. The van der Waals surface area contributed by atoms with E-state index in [1.54, 1.807) is 0 Å². The molecular weight excluding hydrogens is 452 g/mol. The first-order chi connectivity index (χ1) is 15.4. The van der Waals surface area contributed by atoms with E-state index in [1.807, 2.05) is 54.6 Å². The van der Waals surface area contributed by atoms with Crippen molar-refractivity contribution in [1.82, 2.24) is 0 Å². The molecule has 0 saturated heterocycles. The minimum atomic E-state index is -0.942. The molecule has 0 saturated carbocycles. The summed E-state index contributed by atoms with van der Waals surface area (Å²) in [6.07, 6.45) is -0.0798. The SMILES string of the molecule is CC(=O)OC(SCCC(=O)O)C(CSCC(=O)O)c1ccccc1OCc1ccccc1. The van der Waals surface area contributed by atoms with E-state index in [2.05, 4.69) is 0 Å². The Morgan fingerprint density at radius 2 is 1.66 bits per heavy atom. The molecule has 172 valence electrons. The van der Waals surface area contributed by atoms with Gasteiger partial charge in [0, 0.05) is 29.9 Å². The number of carboxylic acids is 2.